The molecule has 20 heavy (non-hydrogen) atoms. The average molecular weight is 310 g/mol. The third kappa shape index (κ3) is 3.86. The zero-order valence-electron chi connectivity index (χ0n) is 11.8. The van der Waals surface area contributed by atoms with E-state index in [9.17, 15) is 4.79 Å². The number of hydrogen-bond acceptors (Lipinski definition) is 4. The summed E-state index contributed by atoms with van der Waals surface area (Å²) in [7, 11) is 0. The van der Waals surface area contributed by atoms with Gasteiger partial charge in [-0.2, -0.15) is 0 Å². The van der Waals surface area contributed by atoms with Gasteiger partial charge in [-0.05, 0) is 32.9 Å². The third-order valence-corrected chi connectivity index (χ3v) is 4.89. The number of aromatic nitrogens is 2. The van der Waals surface area contributed by atoms with Crippen LogP contribution < -0.4 is 0 Å². The van der Waals surface area contributed by atoms with Crippen molar-refractivity contribution in [3.8, 4) is 0 Å². The lowest BCUT2D eigenvalue weighted by Crippen LogP contribution is -2.09. The lowest BCUT2D eigenvalue weighted by Gasteiger charge is -2.14. The summed E-state index contributed by atoms with van der Waals surface area (Å²) in [6.07, 6.45) is 2.93. The van der Waals surface area contributed by atoms with Crippen LogP contribution in [0, 0.1) is 13.8 Å². The lowest BCUT2D eigenvalue weighted by molar-refractivity contribution is -0.133. The molecule has 0 aromatic carbocycles. The Morgan fingerprint density at radius 3 is 2.85 bits per heavy atom. The van der Waals surface area contributed by atoms with E-state index in [0.29, 0.717) is 0 Å². The summed E-state index contributed by atoms with van der Waals surface area (Å²) in [5.74, 6) is -0.773. The molecule has 0 radical (unpaired) electrons. The van der Waals surface area contributed by atoms with Crippen LogP contribution in [0.2, 0.25) is 0 Å². The fraction of sp³-hybridized carbons (Fsp3) is 0.429. The minimum atomic E-state index is -0.816. The third-order valence-electron chi connectivity index (χ3n) is 2.91. The Balaban J connectivity index is 2.12. The van der Waals surface area contributed by atoms with E-state index in [0.717, 1.165) is 17.3 Å². The van der Waals surface area contributed by atoms with Gasteiger partial charge in [-0.3, -0.25) is 4.79 Å². The van der Waals surface area contributed by atoms with Gasteiger partial charge in [0.05, 0.1) is 11.4 Å². The fourth-order valence-electron chi connectivity index (χ4n) is 2.03. The molecular formula is C14H18N2O2S2. The number of carboxylic acid groups (broad SMARTS) is 1. The summed E-state index contributed by atoms with van der Waals surface area (Å²) in [4.78, 5) is 17.8. The normalized spacial score (nSPS) is 12.6. The molecular weight excluding hydrogens is 292 g/mol. The Morgan fingerprint density at radius 2 is 2.25 bits per heavy atom. The number of thioether (sulfide) groups is 1. The largest absolute Gasteiger partial charge is 0.481 e. The molecule has 1 N–H and O–H groups in total. The van der Waals surface area contributed by atoms with Crippen LogP contribution in [-0.4, -0.2) is 26.4 Å². The van der Waals surface area contributed by atoms with Gasteiger partial charge in [-0.25, -0.2) is 4.98 Å². The molecule has 0 fully saturated rings. The molecule has 1 unspecified atom stereocenters. The summed E-state index contributed by atoms with van der Waals surface area (Å²) in [5, 5.41) is 9.58. The molecule has 6 heteroatoms. The molecule has 0 bridgehead atoms. The smallest absolute Gasteiger partial charge is 0.313 e. The predicted molar refractivity (Wildman–Crippen MR) is 82.8 cm³/mol. The quantitative estimate of drug-likeness (QED) is 0.829. The van der Waals surface area contributed by atoms with E-state index >= 15 is 0 Å². The average Bonchev–Trinajstić information content (AvgIpc) is 2.93. The van der Waals surface area contributed by atoms with Crippen LogP contribution in [0.1, 0.15) is 28.4 Å². The van der Waals surface area contributed by atoms with E-state index < -0.39 is 5.97 Å². The van der Waals surface area contributed by atoms with Crippen molar-refractivity contribution in [1.82, 2.24) is 9.55 Å². The summed E-state index contributed by atoms with van der Waals surface area (Å²) in [5.41, 5.74) is 0.923. The molecule has 0 aliphatic heterocycles. The number of aliphatic carboxylic acids is 1. The maximum atomic E-state index is 10.7. The Morgan fingerprint density at radius 1 is 1.50 bits per heavy atom. The molecule has 4 nitrogen and oxygen atoms in total. The van der Waals surface area contributed by atoms with Gasteiger partial charge in [0, 0.05) is 28.4 Å². The highest BCUT2D eigenvalue weighted by molar-refractivity contribution is 7.99. The van der Waals surface area contributed by atoms with Gasteiger partial charge in [0.2, 0.25) is 0 Å². The Hall–Kier alpha value is -1.27. The fourth-order valence-corrected chi connectivity index (χ4v) is 3.88. The first-order valence-electron chi connectivity index (χ1n) is 6.41. The van der Waals surface area contributed by atoms with Crippen LogP contribution in [-0.2, 0) is 11.2 Å². The second-order valence-corrected chi connectivity index (χ2v) is 7.13. The van der Waals surface area contributed by atoms with Gasteiger partial charge in [-0.15, -0.1) is 11.3 Å². The lowest BCUT2D eigenvalue weighted by atomic mass is 10.2. The van der Waals surface area contributed by atoms with E-state index in [1.807, 2.05) is 13.1 Å². The topological polar surface area (TPSA) is 55.1 Å². The number of aryl methyl sites for hydroxylation is 2. The highest BCUT2D eigenvalue weighted by atomic mass is 32.2. The van der Waals surface area contributed by atoms with Crippen LogP contribution in [0.25, 0.3) is 0 Å². The number of hydrogen-bond donors (Lipinski definition) is 1. The Kier molecular flexibility index (Phi) is 4.88. The van der Waals surface area contributed by atoms with Crippen molar-refractivity contribution in [3.63, 3.8) is 0 Å². The second-order valence-electron chi connectivity index (χ2n) is 4.82. The van der Waals surface area contributed by atoms with Crippen LogP contribution in [0.4, 0.5) is 0 Å². The maximum absolute atomic E-state index is 10.7. The van der Waals surface area contributed by atoms with Gasteiger partial charge >= 0.3 is 5.97 Å². The highest BCUT2D eigenvalue weighted by Gasteiger charge is 2.14. The van der Waals surface area contributed by atoms with E-state index in [-0.39, 0.29) is 11.8 Å². The van der Waals surface area contributed by atoms with Gasteiger partial charge in [-0.1, -0.05) is 11.8 Å². The van der Waals surface area contributed by atoms with E-state index in [1.54, 1.807) is 11.3 Å². The minimum absolute atomic E-state index is 0.0429. The van der Waals surface area contributed by atoms with Gasteiger partial charge in [0.25, 0.3) is 0 Å². The van der Waals surface area contributed by atoms with Crippen LogP contribution in [0.5, 0.6) is 0 Å². The standard InChI is InChI=1S/C14H18N2O2S2/c1-9-7-16(14(15-9)19-8-13(17)18)10(2)6-12-5-4-11(3)20-12/h4-5,7,10H,6,8H2,1-3H3,(H,17,18). The van der Waals surface area contributed by atoms with Crippen LogP contribution >= 0.6 is 23.1 Å². The summed E-state index contributed by atoms with van der Waals surface area (Å²) < 4.78 is 2.08. The zero-order chi connectivity index (χ0) is 14.7. The molecule has 0 saturated heterocycles. The number of thiophene rings is 1. The number of rotatable bonds is 6. The zero-order valence-corrected chi connectivity index (χ0v) is 13.4. The molecule has 0 amide bonds. The van der Waals surface area contributed by atoms with Crippen molar-refractivity contribution in [3.05, 3.63) is 33.8 Å². The number of imidazole rings is 1. The van der Waals surface area contributed by atoms with E-state index in [4.69, 9.17) is 5.11 Å². The highest BCUT2D eigenvalue weighted by Crippen LogP contribution is 2.26. The molecule has 0 aliphatic rings. The molecule has 2 aromatic heterocycles. The summed E-state index contributed by atoms with van der Waals surface area (Å²) in [6, 6.07) is 4.56. The van der Waals surface area contributed by atoms with Crippen molar-refractivity contribution < 1.29 is 9.90 Å². The number of nitrogens with zero attached hydrogens (tertiary/aromatic N) is 2. The van der Waals surface area contributed by atoms with Crippen molar-refractivity contribution in [2.75, 3.05) is 5.75 Å². The predicted octanol–water partition coefficient (Wildman–Crippen LogP) is 3.54. The molecule has 1 atom stereocenters. The maximum Gasteiger partial charge on any atom is 0.313 e. The van der Waals surface area contributed by atoms with Crippen molar-refractivity contribution >= 4 is 29.1 Å². The Labute approximate surface area is 126 Å². The van der Waals surface area contributed by atoms with Gasteiger partial charge in [0.1, 0.15) is 0 Å². The molecule has 0 spiro atoms. The van der Waals surface area contributed by atoms with Crippen molar-refractivity contribution in [2.45, 2.75) is 38.4 Å². The van der Waals surface area contributed by atoms with Crippen molar-refractivity contribution in [1.29, 1.82) is 0 Å². The van der Waals surface area contributed by atoms with Gasteiger partial charge in [0.15, 0.2) is 5.16 Å². The Bertz CT molecular complexity index is 604. The van der Waals surface area contributed by atoms with Crippen LogP contribution in [0.3, 0.4) is 0 Å². The van der Waals surface area contributed by atoms with Gasteiger partial charge < -0.3 is 9.67 Å². The van der Waals surface area contributed by atoms with Crippen molar-refractivity contribution in [2.24, 2.45) is 0 Å². The second kappa shape index (κ2) is 6.45. The molecule has 2 heterocycles. The summed E-state index contributed by atoms with van der Waals surface area (Å²) >= 11 is 3.08. The molecule has 2 aromatic rings. The SMILES string of the molecule is Cc1cn(C(C)Cc2ccc(C)s2)c(SCC(=O)O)n1. The van der Waals surface area contributed by atoms with E-state index in [1.165, 1.54) is 21.5 Å². The van der Waals surface area contributed by atoms with E-state index in [2.05, 4.69) is 35.5 Å². The summed E-state index contributed by atoms with van der Waals surface area (Å²) in [6.45, 7) is 6.18. The minimum Gasteiger partial charge on any atom is -0.481 e. The van der Waals surface area contributed by atoms with Crippen LogP contribution in [0.15, 0.2) is 23.5 Å². The first-order chi connectivity index (χ1) is 9.45. The monoisotopic (exact) mass is 310 g/mol. The molecule has 0 aliphatic carbocycles. The molecule has 108 valence electrons. The number of carboxylic acids is 1. The first-order valence-corrected chi connectivity index (χ1v) is 8.21. The number of carbonyl (C=O) groups is 1. The first kappa shape index (κ1) is 15.1. The molecule has 0 saturated carbocycles. The molecule has 2 rings (SSSR count).